The van der Waals surface area contributed by atoms with E-state index in [9.17, 15) is 14.7 Å². The molecule has 0 N–H and O–H groups in total. The van der Waals surface area contributed by atoms with Gasteiger partial charge in [0.1, 0.15) is 0 Å². The summed E-state index contributed by atoms with van der Waals surface area (Å²) in [6, 6.07) is 10.7. The van der Waals surface area contributed by atoms with Crippen molar-refractivity contribution in [2.75, 3.05) is 19.6 Å². The molecule has 2 heterocycles. The van der Waals surface area contributed by atoms with Crippen LogP contribution in [0.4, 0.5) is 5.69 Å². The number of nitro benzene ring substituents is 1. The first-order chi connectivity index (χ1) is 11.9. The maximum absolute atomic E-state index is 13.4. The third-order valence-corrected chi connectivity index (χ3v) is 7.71. The molecule has 7 nitrogen and oxygen atoms in total. The van der Waals surface area contributed by atoms with Gasteiger partial charge in [-0.25, -0.2) is 9.34 Å². The van der Waals surface area contributed by atoms with Crippen LogP contribution in [0.3, 0.4) is 0 Å². The zero-order valence-corrected chi connectivity index (χ0v) is 15.1. The van der Waals surface area contributed by atoms with E-state index in [1.54, 1.807) is 18.2 Å². The van der Waals surface area contributed by atoms with Crippen LogP contribution >= 0.6 is 7.67 Å². The zero-order chi connectivity index (χ0) is 17.8. The molecule has 0 bridgehead atoms. The predicted molar refractivity (Wildman–Crippen MR) is 95.4 cm³/mol. The predicted octanol–water partition coefficient (Wildman–Crippen LogP) is 3.95. The van der Waals surface area contributed by atoms with Gasteiger partial charge in [0.2, 0.25) is 0 Å². The molecule has 25 heavy (non-hydrogen) atoms. The van der Waals surface area contributed by atoms with Crippen LogP contribution in [0, 0.1) is 10.1 Å². The molecule has 2 fully saturated rings. The zero-order valence-electron chi connectivity index (χ0n) is 14.2. The molecule has 3 unspecified atom stereocenters. The molecule has 2 aromatic carbocycles. The van der Waals surface area contributed by atoms with E-state index in [1.165, 1.54) is 6.07 Å². The lowest BCUT2D eigenvalue weighted by Gasteiger charge is -2.25. The maximum atomic E-state index is 13.4. The lowest BCUT2D eigenvalue weighted by molar-refractivity contribution is -0.383. The van der Waals surface area contributed by atoms with Gasteiger partial charge in [-0.05, 0) is 36.9 Å². The number of nitro groups is 1. The van der Waals surface area contributed by atoms with Gasteiger partial charge in [0.15, 0.2) is 0 Å². The standard InChI is InChI=1S/C17H20N3O4P/c1-12-11-19(12)25(23,18-9-10-18)24-13(2)14-7-8-17(20(21)22)16-6-4-3-5-15(14)16/h3-8,12-13H,9-11H2,1-2H3/t12?,13-,19?,25?/m0/s1. The highest BCUT2D eigenvalue weighted by Gasteiger charge is 2.54. The van der Waals surface area contributed by atoms with Crippen LogP contribution in [0.1, 0.15) is 25.5 Å². The third-order valence-electron chi connectivity index (χ3n) is 4.80. The molecule has 2 saturated heterocycles. The molecule has 2 aliphatic rings. The first-order valence-electron chi connectivity index (χ1n) is 8.39. The molecule has 4 rings (SSSR count). The Hall–Kier alpha value is -1.79. The average molecular weight is 361 g/mol. The number of nitrogens with zero attached hydrogens (tertiary/aromatic N) is 3. The largest absolute Gasteiger partial charge is 0.347 e. The maximum Gasteiger partial charge on any atom is 0.347 e. The summed E-state index contributed by atoms with van der Waals surface area (Å²) < 4.78 is 23.2. The highest BCUT2D eigenvalue weighted by atomic mass is 31.2. The molecule has 0 spiro atoms. The summed E-state index contributed by atoms with van der Waals surface area (Å²) in [5, 5.41) is 12.6. The molecular weight excluding hydrogens is 341 g/mol. The highest BCUT2D eigenvalue weighted by molar-refractivity contribution is 7.54. The summed E-state index contributed by atoms with van der Waals surface area (Å²) >= 11 is 0. The van der Waals surface area contributed by atoms with Gasteiger partial charge < -0.3 is 0 Å². The monoisotopic (exact) mass is 361 g/mol. The van der Waals surface area contributed by atoms with Gasteiger partial charge in [0.25, 0.3) is 5.69 Å². The first kappa shape index (κ1) is 16.7. The Labute approximate surface area is 145 Å². The second-order valence-corrected chi connectivity index (χ2v) is 8.91. The fraction of sp³-hybridized carbons (Fsp3) is 0.412. The minimum absolute atomic E-state index is 0.0697. The van der Waals surface area contributed by atoms with E-state index in [0.29, 0.717) is 5.39 Å². The molecule has 132 valence electrons. The normalized spacial score (nSPS) is 26.2. The van der Waals surface area contributed by atoms with Crippen LogP contribution < -0.4 is 0 Å². The first-order valence-corrected chi connectivity index (χ1v) is 9.92. The number of hydrogen-bond donors (Lipinski definition) is 0. The smallest absolute Gasteiger partial charge is 0.298 e. The van der Waals surface area contributed by atoms with Crippen molar-refractivity contribution >= 4 is 24.1 Å². The van der Waals surface area contributed by atoms with Crippen molar-refractivity contribution in [1.29, 1.82) is 0 Å². The molecule has 2 aromatic rings. The minimum atomic E-state index is -2.99. The molecule has 4 atom stereocenters. The lowest BCUT2D eigenvalue weighted by atomic mass is 10.00. The number of hydrogen-bond acceptors (Lipinski definition) is 4. The van der Waals surface area contributed by atoms with E-state index in [-0.39, 0.29) is 16.7 Å². The molecule has 0 saturated carbocycles. The SMILES string of the molecule is CC1CN1P(=O)(O[C@@H](C)c1ccc([N+](=O)[O-])c2ccccc12)N1CC1. The molecular formula is C17H20N3O4P. The fourth-order valence-electron chi connectivity index (χ4n) is 3.25. The van der Waals surface area contributed by atoms with E-state index >= 15 is 0 Å². The summed E-state index contributed by atoms with van der Waals surface area (Å²) in [6.45, 7) is 6.24. The summed E-state index contributed by atoms with van der Waals surface area (Å²) in [5.41, 5.74) is 0.887. The van der Waals surface area contributed by atoms with Crippen LogP contribution in [-0.2, 0) is 9.09 Å². The van der Waals surface area contributed by atoms with Gasteiger partial charge in [-0.2, -0.15) is 0 Å². The van der Waals surface area contributed by atoms with E-state index in [4.69, 9.17) is 4.52 Å². The minimum Gasteiger partial charge on any atom is -0.298 e. The van der Waals surface area contributed by atoms with Crippen LogP contribution in [0.2, 0.25) is 0 Å². The van der Waals surface area contributed by atoms with Crippen LogP contribution in [0.25, 0.3) is 10.8 Å². The fourth-order valence-corrected chi connectivity index (χ4v) is 5.89. The average Bonchev–Trinajstić information content (AvgIpc) is 3.48. The molecule has 2 aliphatic heterocycles. The summed E-state index contributed by atoms with van der Waals surface area (Å²) in [7, 11) is -2.99. The summed E-state index contributed by atoms with van der Waals surface area (Å²) in [6.07, 6.45) is -0.426. The van der Waals surface area contributed by atoms with Crippen molar-refractivity contribution in [2.24, 2.45) is 0 Å². The van der Waals surface area contributed by atoms with Gasteiger partial charge in [-0.3, -0.25) is 19.2 Å². The van der Waals surface area contributed by atoms with Crippen molar-refractivity contribution in [3.63, 3.8) is 0 Å². The number of fused-ring (bicyclic) bond motifs is 1. The van der Waals surface area contributed by atoms with Crippen LogP contribution in [0.5, 0.6) is 0 Å². The van der Waals surface area contributed by atoms with Gasteiger partial charge in [0, 0.05) is 31.7 Å². The van der Waals surface area contributed by atoms with E-state index in [2.05, 4.69) is 0 Å². The number of non-ortho nitro benzene ring substituents is 1. The summed E-state index contributed by atoms with van der Waals surface area (Å²) in [4.78, 5) is 10.9. The topological polar surface area (TPSA) is 75.5 Å². The second kappa shape index (κ2) is 5.88. The third kappa shape index (κ3) is 2.87. The van der Waals surface area contributed by atoms with Gasteiger partial charge in [0.05, 0.1) is 16.4 Å². The lowest BCUT2D eigenvalue weighted by Crippen LogP contribution is -2.12. The Morgan fingerprint density at radius 2 is 1.88 bits per heavy atom. The molecule has 8 heteroatoms. The number of benzene rings is 2. The summed E-state index contributed by atoms with van der Waals surface area (Å²) in [5.74, 6) is 0. The van der Waals surface area contributed by atoms with Crippen molar-refractivity contribution in [1.82, 2.24) is 9.34 Å². The van der Waals surface area contributed by atoms with Crippen molar-refractivity contribution in [3.8, 4) is 0 Å². The Balaban J connectivity index is 1.71. The van der Waals surface area contributed by atoms with E-state index in [1.807, 2.05) is 35.3 Å². The van der Waals surface area contributed by atoms with Crippen molar-refractivity contribution in [3.05, 3.63) is 52.1 Å². The van der Waals surface area contributed by atoms with Gasteiger partial charge in [-0.15, -0.1) is 0 Å². The Morgan fingerprint density at radius 1 is 1.24 bits per heavy atom. The van der Waals surface area contributed by atoms with Crippen molar-refractivity contribution < 1.29 is 14.0 Å². The number of rotatable bonds is 6. The second-order valence-electron chi connectivity index (χ2n) is 6.64. The van der Waals surface area contributed by atoms with E-state index in [0.717, 1.165) is 30.6 Å². The quantitative estimate of drug-likeness (QED) is 0.336. The van der Waals surface area contributed by atoms with Gasteiger partial charge >= 0.3 is 7.67 Å². The van der Waals surface area contributed by atoms with E-state index < -0.39 is 13.8 Å². The van der Waals surface area contributed by atoms with Crippen LogP contribution in [-0.4, -0.2) is 39.9 Å². The Kier molecular flexibility index (Phi) is 3.92. The molecule has 0 radical (unpaired) electrons. The molecule has 0 aliphatic carbocycles. The Morgan fingerprint density at radius 3 is 2.44 bits per heavy atom. The van der Waals surface area contributed by atoms with Crippen molar-refractivity contribution in [2.45, 2.75) is 26.0 Å². The highest BCUT2D eigenvalue weighted by Crippen LogP contribution is 2.65. The molecule has 0 aromatic heterocycles. The Bertz CT molecular complexity index is 899. The van der Waals surface area contributed by atoms with Crippen LogP contribution in [0.15, 0.2) is 36.4 Å². The molecule has 0 amide bonds. The van der Waals surface area contributed by atoms with Gasteiger partial charge in [-0.1, -0.05) is 18.2 Å².